The molecule has 0 saturated heterocycles. The molecular weight excluding hydrogens is 242 g/mol. The van der Waals surface area contributed by atoms with Crippen molar-refractivity contribution in [3.05, 3.63) is 0 Å². The number of hydrogen-bond acceptors (Lipinski definition) is 4. The molecule has 0 spiro atoms. The number of carbonyl (C=O) groups is 1. The summed E-state index contributed by atoms with van der Waals surface area (Å²) in [6.07, 6.45) is 0.659. The van der Waals surface area contributed by atoms with Gasteiger partial charge in [0.05, 0.1) is 6.10 Å². The molecule has 1 aliphatic carbocycles. The lowest BCUT2D eigenvalue weighted by Crippen LogP contribution is -2.76. The molecule has 112 valence electrons. The number of amides is 1. The van der Waals surface area contributed by atoms with Crippen molar-refractivity contribution in [2.75, 3.05) is 27.2 Å². The van der Waals surface area contributed by atoms with Crippen molar-refractivity contribution in [1.29, 1.82) is 0 Å². The Kier molecular flexibility index (Phi) is 4.98. The first-order chi connectivity index (χ1) is 8.65. The van der Waals surface area contributed by atoms with Crippen molar-refractivity contribution >= 4 is 5.91 Å². The van der Waals surface area contributed by atoms with Crippen LogP contribution in [0.4, 0.5) is 0 Å². The molecule has 5 nitrogen and oxygen atoms in total. The Morgan fingerprint density at radius 1 is 1.53 bits per heavy atom. The fourth-order valence-corrected chi connectivity index (χ4v) is 2.77. The van der Waals surface area contributed by atoms with Crippen molar-refractivity contribution in [2.45, 2.75) is 51.8 Å². The Balaban J connectivity index is 2.62. The van der Waals surface area contributed by atoms with Crippen LogP contribution < -0.4 is 11.1 Å². The van der Waals surface area contributed by atoms with Crippen LogP contribution in [0.2, 0.25) is 0 Å². The second-order valence-corrected chi connectivity index (χ2v) is 6.48. The fourth-order valence-electron chi connectivity index (χ4n) is 2.77. The van der Waals surface area contributed by atoms with Gasteiger partial charge in [-0.15, -0.1) is 0 Å². The maximum Gasteiger partial charge on any atom is 0.241 e. The maximum atomic E-state index is 12.4. The van der Waals surface area contributed by atoms with Crippen LogP contribution in [0, 0.1) is 5.41 Å². The number of nitrogens with two attached hydrogens (primary N) is 1. The standard InChI is InChI=1S/C14H29N3O2/c1-7-19-11-8-14(15,13(11,3)4)12(18)16-10(2)9-17(5)6/h10-11H,7-9,15H2,1-6H3,(H,16,18). The summed E-state index contributed by atoms with van der Waals surface area (Å²) in [6, 6.07) is 0.0878. The van der Waals surface area contributed by atoms with Gasteiger partial charge in [0, 0.05) is 31.0 Å². The number of nitrogens with one attached hydrogen (secondary N) is 1. The Labute approximate surface area is 116 Å². The molecule has 1 amide bonds. The highest BCUT2D eigenvalue weighted by Gasteiger charge is 2.62. The average molecular weight is 271 g/mol. The van der Waals surface area contributed by atoms with Crippen LogP contribution in [-0.4, -0.2) is 55.7 Å². The number of likely N-dealkylation sites (N-methyl/N-ethyl adjacent to an activating group) is 1. The van der Waals surface area contributed by atoms with Gasteiger partial charge in [0.1, 0.15) is 5.54 Å². The average Bonchev–Trinajstić information content (AvgIpc) is 2.27. The molecule has 0 heterocycles. The SMILES string of the molecule is CCOC1CC(N)(C(=O)NC(C)CN(C)C)C1(C)C. The van der Waals surface area contributed by atoms with Crippen molar-refractivity contribution < 1.29 is 9.53 Å². The molecule has 3 N–H and O–H groups in total. The van der Waals surface area contributed by atoms with Crippen molar-refractivity contribution in [1.82, 2.24) is 10.2 Å². The third-order valence-electron chi connectivity index (χ3n) is 4.25. The van der Waals surface area contributed by atoms with E-state index in [1.807, 2.05) is 46.7 Å². The van der Waals surface area contributed by atoms with Crippen LogP contribution in [0.1, 0.15) is 34.1 Å². The normalized spacial score (nSPS) is 30.8. The zero-order valence-corrected chi connectivity index (χ0v) is 13.1. The van der Waals surface area contributed by atoms with E-state index < -0.39 is 5.54 Å². The van der Waals surface area contributed by atoms with Gasteiger partial charge in [-0.2, -0.15) is 0 Å². The Morgan fingerprint density at radius 2 is 2.11 bits per heavy atom. The van der Waals surface area contributed by atoms with Crippen molar-refractivity contribution in [3.8, 4) is 0 Å². The first-order valence-corrected chi connectivity index (χ1v) is 7.01. The lowest BCUT2D eigenvalue weighted by molar-refractivity contribution is -0.171. The number of rotatable bonds is 6. The summed E-state index contributed by atoms with van der Waals surface area (Å²) >= 11 is 0. The minimum atomic E-state index is -0.826. The zero-order valence-electron chi connectivity index (χ0n) is 13.1. The monoisotopic (exact) mass is 271 g/mol. The number of carbonyl (C=O) groups excluding carboxylic acids is 1. The van der Waals surface area contributed by atoms with Gasteiger partial charge in [-0.3, -0.25) is 4.79 Å². The van der Waals surface area contributed by atoms with Gasteiger partial charge >= 0.3 is 0 Å². The number of ether oxygens (including phenoxy) is 1. The molecule has 5 heteroatoms. The quantitative estimate of drug-likeness (QED) is 0.742. The number of nitrogens with zero attached hydrogens (tertiary/aromatic N) is 1. The second-order valence-electron chi connectivity index (χ2n) is 6.48. The molecule has 0 aliphatic heterocycles. The van der Waals surface area contributed by atoms with E-state index in [0.29, 0.717) is 13.0 Å². The highest BCUT2D eigenvalue weighted by molar-refractivity contribution is 5.89. The molecule has 0 aromatic rings. The van der Waals surface area contributed by atoms with Crippen LogP contribution >= 0.6 is 0 Å². The summed E-state index contributed by atoms with van der Waals surface area (Å²) in [4.78, 5) is 14.4. The Bertz CT molecular complexity index is 331. The summed E-state index contributed by atoms with van der Waals surface area (Å²) in [5.41, 5.74) is 5.16. The van der Waals surface area contributed by atoms with E-state index in [9.17, 15) is 4.79 Å². The van der Waals surface area contributed by atoms with E-state index in [1.165, 1.54) is 0 Å². The topological polar surface area (TPSA) is 67.6 Å². The molecule has 0 aromatic carbocycles. The molecule has 1 aliphatic rings. The van der Waals surface area contributed by atoms with E-state index in [1.54, 1.807) is 0 Å². The van der Waals surface area contributed by atoms with Gasteiger partial charge in [-0.25, -0.2) is 0 Å². The maximum absolute atomic E-state index is 12.4. The minimum Gasteiger partial charge on any atom is -0.378 e. The summed E-state index contributed by atoms with van der Waals surface area (Å²) in [7, 11) is 3.97. The molecule has 19 heavy (non-hydrogen) atoms. The number of hydrogen-bond donors (Lipinski definition) is 2. The van der Waals surface area contributed by atoms with Crippen molar-refractivity contribution in [3.63, 3.8) is 0 Å². The van der Waals surface area contributed by atoms with Crippen LogP contribution in [0.5, 0.6) is 0 Å². The van der Waals surface area contributed by atoms with Crippen molar-refractivity contribution in [2.24, 2.45) is 11.1 Å². The third kappa shape index (κ3) is 3.09. The second kappa shape index (κ2) is 5.77. The molecule has 3 atom stereocenters. The van der Waals surface area contributed by atoms with Gasteiger partial charge in [0.2, 0.25) is 5.91 Å². The minimum absolute atomic E-state index is 0.0668. The van der Waals surface area contributed by atoms with E-state index in [2.05, 4.69) is 5.32 Å². The van der Waals surface area contributed by atoms with E-state index in [0.717, 1.165) is 6.54 Å². The van der Waals surface area contributed by atoms with Gasteiger partial charge in [0.15, 0.2) is 0 Å². The largest absolute Gasteiger partial charge is 0.378 e. The predicted molar refractivity (Wildman–Crippen MR) is 76.9 cm³/mol. The lowest BCUT2D eigenvalue weighted by Gasteiger charge is -2.57. The molecule has 3 unspecified atom stereocenters. The Hall–Kier alpha value is -0.650. The van der Waals surface area contributed by atoms with Gasteiger partial charge in [-0.05, 0) is 27.9 Å². The zero-order chi connectivity index (χ0) is 14.8. The molecule has 1 saturated carbocycles. The predicted octanol–water partition coefficient (Wildman–Crippen LogP) is 0.585. The molecular formula is C14H29N3O2. The molecule has 1 rings (SSSR count). The molecule has 0 aromatic heterocycles. The smallest absolute Gasteiger partial charge is 0.241 e. The first kappa shape index (κ1) is 16.4. The van der Waals surface area contributed by atoms with E-state index >= 15 is 0 Å². The summed E-state index contributed by atoms with van der Waals surface area (Å²) in [5, 5.41) is 3.01. The summed E-state index contributed by atoms with van der Waals surface area (Å²) in [6.45, 7) is 9.43. The summed E-state index contributed by atoms with van der Waals surface area (Å²) in [5.74, 6) is -0.0668. The molecule has 0 radical (unpaired) electrons. The summed E-state index contributed by atoms with van der Waals surface area (Å²) < 4.78 is 5.64. The Morgan fingerprint density at radius 3 is 2.53 bits per heavy atom. The molecule has 1 fully saturated rings. The first-order valence-electron chi connectivity index (χ1n) is 7.01. The highest BCUT2D eigenvalue weighted by atomic mass is 16.5. The van der Waals surface area contributed by atoms with Crippen LogP contribution in [0.25, 0.3) is 0 Å². The van der Waals surface area contributed by atoms with Gasteiger partial charge in [0.25, 0.3) is 0 Å². The molecule has 0 bridgehead atoms. The van der Waals surface area contributed by atoms with Crippen LogP contribution in [0.15, 0.2) is 0 Å². The van der Waals surface area contributed by atoms with Crippen LogP contribution in [-0.2, 0) is 9.53 Å². The highest BCUT2D eigenvalue weighted by Crippen LogP contribution is 2.49. The van der Waals surface area contributed by atoms with E-state index in [4.69, 9.17) is 10.5 Å². The van der Waals surface area contributed by atoms with Crippen LogP contribution in [0.3, 0.4) is 0 Å². The fraction of sp³-hybridized carbons (Fsp3) is 0.929. The van der Waals surface area contributed by atoms with Gasteiger partial charge in [-0.1, -0.05) is 13.8 Å². The lowest BCUT2D eigenvalue weighted by atomic mass is 9.54. The third-order valence-corrected chi connectivity index (χ3v) is 4.25. The van der Waals surface area contributed by atoms with E-state index in [-0.39, 0.29) is 23.5 Å². The van der Waals surface area contributed by atoms with Gasteiger partial charge < -0.3 is 20.7 Å².